The quantitative estimate of drug-likeness (QED) is 0.475. The van der Waals surface area contributed by atoms with Crippen molar-refractivity contribution < 1.29 is 14.5 Å². The van der Waals surface area contributed by atoms with Crippen molar-refractivity contribution in [2.45, 2.75) is 6.92 Å². The van der Waals surface area contributed by atoms with E-state index in [0.29, 0.717) is 4.47 Å². The molecule has 1 aromatic carbocycles. The third-order valence-electron chi connectivity index (χ3n) is 1.71. The van der Waals surface area contributed by atoms with Gasteiger partial charge in [0, 0.05) is 4.47 Å². The van der Waals surface area contributed by atoms with Gasteiger partial charge in [0.25, 0.3) is 5.69 Å². The van der Waals surface area contributed by atoms with E-state index in [1.807, 2.05) is 0 Å². The molecule has 0 aliphatic heterocycles. The van der Waals surface area contributed by atoms with E-state index in [4.69, 9.17) is 4.74 Å². The molecule has 0 heterocycles. The van der Waals surface area contributed by atoms with Crippen LogP contribution in [0.3, 0.4) is 0 Å². The van der Waals surface area contributed by atoms with E-state index in [1.54, 1.807) is 6.92 Å². The van der Waals surface area contributed by atoms with Gasteiger partial charge in [0.1, 0.15) is 5.56 Å². The molecule has 0 aromatic heterocycles. The lowest BCUT2D eigenvalue weighted by Crippen LogP contribution is -2.08. The van der Waals surface area contributed by atoms with Crippen molar-refractivity contribution in [1.82, 2.24) is 0 Å². The third-order valence-corrected chi connectivity index (χ3v) is 2.77. The zero-order valence-corrected chi connectivity index (χ0v) is 11.4. The second-order valence-electron chi connectivity index (χ2n) is 2.76. The van der Waals surface area contributed by atoms with Crippen molar-refractivity contribution in [3.05, 3.63) is 36.8 Å². The molecule has 5 nitrogen and oxygen atoms in total. The van der Waals surface area contributed by atoms with E-state index in [1.165, 1.54) is 12.1 Å². The van der Waals surface area contributed by atoms with E-state index in [-0.39, 0.29) is 22.3 Å². The van der Waals surface area contributed by atoms with Crippen LogP contribution < -0.4 is 0 Å². The standard InChI is InChI=1S/C9H7Br2NO4/c1-2-16-9(13)6-3-5(10)4-7(11)8(6)12(14)15/h3-4H,2H2,1H3. The molecule has 86 valence electrons. The van der Waals surface area contributed by atoms with Gasteiger partial charge in [-0.1, -0.05) is 15.9 Å². The molecule has 0 saturated carbocycles. The molecule has 1 rings (SSSR count). The number of hydrogen-bond donors (Lipinski definition) is 0. The summed E-state index contributed by atoms with van der Waals surface area (Å²) >= 11 is 6.19. The Kier molecular flexibility index (Phi) is 4.43. The Hall–Kier alpha value is -0.950. The summed E-state index contributed by atoms with van der Waals surface area (Å²) in [5.74, 6) is -0.712. The Labute approximate surface area is 108 Å². The summed E-state index contributed by atoms with van der Waals surface area (Å²) in [6.45, 7) is 1.80. The van der Waals surface area contributed by atoms with Gasteiger partial charge in [-0.25, -0.2) is 4.79 Å². The van der Waals surface area contributed by atoms with E-state index < -0.39 is 10.9 Å². The summed E-state index contributed by atoms with van der Waals surface area (Å²) in [7, 11) is 0. The number of nitrogens with zero attached hydrogens (tertiary/aromatic N) is 1. The van der Waals surface area contributed by atoms with Crippen molar-refractivity contribution in [3.8, 4) is 0 Å². The SMILES string of the molecule is CCOC(=O)c1cc(Br)cc(Br)c1[N+](=O)[O-]. The number of esters is 1. The van der Waals surface area contributed by atoms with Crippen molar-refractivity contribution in [2.75, 3.05) is 6.61 Å². The first-order chi connectivity index (χ1) is 7.47. The van der Waals surface area contributed by atoms with Gasteiger partial charge in [-0.3, -0.25) is 10.1 Å². The highest BCUT2D eigenvalue weighted by molar-refractivity contribution is 9.11. The van der Waals surface area contributed by atoms with Crippen LogP contribution in [-0.2, 0) is 4.74 Å². The van der Waals surface area contributed by atoms with Crippen LogP contribution in [0.25, 0.3) is 0 Å². The van der Waals surface area contributed by atoms with Crippen LogP contribution >= 0.6 is 31.9 Å². The van der Waals surface area contributed by atoms with Crippen molar-refractivity contribution in [2.24, 2.45) is 0 Å². The molecule has 0 N–H and O–H groups in total. The number of carbonyl (C=O) groups excluding carboxylic acids is 1. The first-order valence-corrected chi connectivity index (χ1v) is 5.86. The summed E-state index contributed by atoms with van der Waals surface area (Å²) in [5.41, 5.74) is -0.366. The second-order valence-corrected chi connectivity index (χ2v) is 4.53. The second kappa shape index (κ2) is 5.40. The molecular formula is C9H7Br2NO4. The average Bonchev–Trinajstić information content (AvgIpc) is 2.15. The predicted octanol–water partition coefficient (Wildman–Crippen LogP) is 3.30. The molecule has 1 aromatic rings. The Bertz CT molecular complexity index is 447. The fraction of sp³-hybridized carbons (Fsp3) is 0.222. The minimum absolute atomic E-state index is 0.0758. The monoisotopic (exact) mass is 351 g/mol. The zero-order chi connectivity index (χ0) is 12.3. The summed E-state index contributed by atoms with van der Waals surface area (Å²) < 4.78 is 5.54. The van der Waals surface area contributed by atoms with Crippen LogP contribution in [0.15, 0.2) is 21.1 Å². The Morgan fingerprint density at radius 1 is 1.50 bits per heavy atom. The largest absolute Gasteiger partial charge is 0.462 e. The van der Waals surface area contributed by atoms with Crippen molar-refractivity contribution in [1.29, 1.82) is 0 Å². The lowest BCUT2D eigenvalue weighted by atomic mass is 10.2. The highest BCUT2D eigenvalue weighted by Crippen LogP contribution is 2.32. The van der Waals surface area contributed by atoms with Gasteiger partial charge in [0.15, 0.2) is 0 Å². The lowest BCUT2D eigenvalue weighted by Gasteiger charge is -2.05. The Morgan fingerprint density at radius 2 is 2.12 bits per heavy atom. The lowest BCUT2D eigenvalue weighted by molar-refractivity contribution is -0.386. The maximum atomic E-state index is 11.5. The highest BCUT2D eigenvalue weighted by atomic mass is 79.9. The number of nitro groups is 1. The summed E-state index contributed by atoms with van der Waals surface area (Å²) in [6.07, 6.45) is 0. The third kappa shape index (κ3) is 2.79. The van der Waals surface area contributed by atoms with Gasteiger partial charge >= 0.3 is 5.97 Å². The smallest absolute Gasteiger partial charge is 0.345 e. The van der Waals surface area contributed by atoms with E-state index >= 15 is 0 Å². The van der Waals surface area contributed by atoms with Crippen LogP contribution in [0.1, 0.15) is 17.3 Å². The van der Waals surface area contributed by atoms with Gasteiger partial charge in [-0.2, -0.15) is 0 Å². The molecule has 0 fully saturated rings. The Balaban J connectivity index is 3.35. The predicted molar refractivity (Wildman–Crippen MR) is 64.5 cm³/mol. The molecular weight excluding hydrogens is 346 g/mol. The molecule has 0 bridgehead atoms. The number of nitro benzene ring substituents is 1. The van der Waals surface area contributed by atoms with E-state index in [0.717, 1.165) is 0 Å². The van der Waals surface area contributed by atoms with Crippen LogP contribution in [0.5, 0.6) is 0 Å². The molecule has 0 saturated heterocycles. The highest BCUT2D eigenvalue weighted by Gasteiger charge is 2.25. The number of carbonyl (C=O) groups is 1. The summed E-state index contributed by atoms with van der Waals surface area (Å²) in [4.78, 5) is 21.7. The first-order valence-electron chi connectivity index (χ1n) is 4.28. The summed E-state index contributed by atoms with van der Waals surface area (Å²) in [6, 6.07) is 2.86. The van der Waals surface area contributed by atoms with Crippen molar-refractivity contribution in [3.63, 3.8) is 0 Å². The molecule has 16 heavy (non-hydrogen) atoms. The molecule has 0 spiro atoms. The minimum atomic E-state index is -0.712. The topological polar surface area (TPSA) is 69.4 Å². The number of hydrogen-bond acceptors (Lipinski definition) is 4. The molecule has 0 radical (unpaired) electrons. The zero-order valence-electron chi connectivity index (χ0n) is 8.20. The number of halogens is 2. The molecule has 0 atom stereocenters. The maximum absolute atomic E-state index is 11.5. The normalized spacial score (nSPS) is 9.94. The maximum Gasteiger partial charge on any atom is 0.345 e. The van der Waals surface area contributed by atoms with E-state index in [2.05, 4.69) is 31.9 Å². The first kappa shape index (κ1) is 13.1. The van der Waals surface area contributed by atoms with Gasteiger partial charge in [0.05, 0.1) is 16.0 Å². The van der Waals surface area contributed by atoms with Gasteiger partial charge in [-0.05, 0) is 35.0 Å². The van der Waals surface area contributed by atoms with Crippen LogP contribution in [0.2, 0.25) is 0 Å². The molecule has 0 aliphatic rings. The molecule has 0 unspecified atom stereocenters. The average molecular weight is 353 g/mol. The van der Waals surface area contributed by atoms with Gasteiger partial charge in [-0.15, -0.1) is 0 Å². The van der Waals surface area contributed by atoms with E-state index in [9.17, 15) is 14.9 Å². The van der Waals surface area contributed by atoms with Gasteiger partial charge < -0.3 is 4.74 Å². The Morgan fingerprint density at radius 3 is 2.62 bits per heavy atom. The summed E-state index contributed by atoms with van der Waals surface area (Å²) in [5, 5.41) is 10.8. The van der Waals surface area contributed by atoms with Crippen LogP contribution in [0, 0.1) is 10.1 Å². The van der Waals surface area contributed by atoms with Gasteiger partial charge in [0.2, 0.25) is 0 Å². The fourth-order valence-electron chi connectivity index (χ4n) is 1.12. The minimum Gasteiger partial charge on any atom is -0.462 e. The van der Waals surface area contributed by atoms with Crippen LogP contribution in [0.4, 0.5) is 5.69 Å². The molecule has 0 amide bonds. The fourth-order valence-corrected chi connectivity index (χ4v) is 2.49. The van der Waals surface area contributed by atoms with Crippen molar-refractivity contribution >= 4 is 43.5 Å². The molecule has 7 heteroatoms. The number of benzene rings is 1. The molecule has 0 aliphatic carbocycles. The van der Waals surface area contributed by atoms with Crippen LogP contribution in [-0.4, -0.2) is 17.5 Å². The number of rotatable bonds is 3. The number of ether oxygens (including phenoxy) is 1.